The lowest BCUT2D eigenvalue weighted by Crippen LogP contribution is -2.10. The van der Waals surface area contributed by atoms with E-state index in [0.717, 1.165) is 18.9 Å². The largest absolute Gasteiger partial charge is 0.393 e. The fourth-order valence-corrected chi connectivity index (χ4v) is 2.44. The first-order chi connectivity index (χ1) is 9.61. The minimum absolute atomic E-state index is 0.324. The van der Waals surface area contributed by atoms with E-state index in [2.05, 4.69) is 6.92 Å². The van der Waals surface area contributed by atoms with Crippen LogP contribution in [0.5, 0.6) is 0 Å². The van der Waals surface area contributed by atoms with Crippen LogP contribution in [0.2, 0.25) is 0 Å². The van der Waals surface area contributed by atoms with Crippen LogP contribution < -0.4 is 0 Å². The summed E-state index contributed by atoms with van der Waals surface area (Å²) in [5, 5.41) is 9.88. The highest BCUT2D eigenvalue weighted by molar-refractivity contribution is 5.18. The van der Waals surface area contributed by atoms with Gasteiger partial charge < -0.3 is 5.11 Å². The number of hydrogen-bond donors (Lipinski definition) is 1. The average molecular weight is 284 g/mol. The van der Waals surface area contributed by atoms with Gasteiger partial charge in [-0.15, -0.1) is 0 Å². The molecule has 0 fully saturated rings. The second-order valence-corrected chi connectivity index (χ2v) is 5.55. The highest BCUT2D eigenvalue weighted by atomic mass is 19.1. The zero-order chi connectivity index (χ0) is 14.8. The van der Waals surface area contributed by atoms with E-state index in [9.17, 15) is 13.9 Å². The lowest BCUT2D eigenvalue weighted by Gasteiger charge is -2.10. The van der Waals surface area contributed by atoms with Gasteiger partial charge in [0.1, 0.15) is 11.6 Å². The lowest BCUT2D eigenvalue weighted by atomic mass is 10.0. The zero-order valence-electron chi connectivity index (χ0n) is 12.4. The van der Waals surface area contributed by atoms with Gasteiger partial charge in [-0.25, -0.2) is 8.78 Å². The van der Waals surface area contributed by atoms with Gasteiger partial charge in [0.05, 0.1) is 6.10 Å². The molecular weight excluding hydrogens is 258 g/mol. The second kappa shape index (κ2) is 9.87. The third-order valence-electron chi connectivity index (χ3n) is 3.53. The van der Waals surface area contributed by atoms with Gasteiger partial charge in [0.2, 0.25) is 0 Å². The summed E-state index contributed by atoms with van der Waals surface area (Å²) < 4.78 is 26.0. The fourth-order valence-electron chi connectivity index (χ4n) is 2.44. The molecule has 1 aromatic carbocycles. The maximum absolute atomic E-state index is 13.0. The Hall–Kier alpha value is -0.960. The third-order valence-corrected chi connectivity index (χ3v) is 3.53. The summed E-state index contributed by atoms with van der Waals surface area (Å²) in [6, 6.07) is 3.43. The number of aliphatic hydroxyl groups excluding tert-OH is 1. The molecule has 0 aromatic heterocycles. The first-order valence-electron chi connectivity index (χ1n) is 7.75. The molecule has 0 amide bonds. The molecule has 1 unspecified atom stereocenters. The quantitative estimate of drug-likeness (QED) is 0.599. The Labute approximate surface area is 121 Å². The van der Waals surface area contributed by atoms with Crippen LogP contribution >= 0.6 is 0 Å². The molecule has 0 saturated carbocycles. The normalized spacial score (nSPS) is 12.6. The van der Waals surface area contributed by atoms with Crippen LogP contribution in [0.1, 0.15) is 63.9 Å². The fraction of sp³-hybridized carbons (Fsp3) is 0.647. The molecule has 1 N–H and O–H groups in total. The molecular formula is C17H26F2O. The molecule has 1 atom stereocenters. The first-order valence-corrected chi connectivity index (χ1v) is 7.75. The van der Waals surface area contributed by atoms with Gasteiger partial charge in [0.25, 0.3) is 0 Å². The molecule has 0 heterocycles. The summed E-state index contributed by atoms with van der Waals surface area (Å²) in [6.45, 7) is 2.20. The molecule has 0 saturated heterocycles. The number of rotatable bonds is 10. The Balaban J connectivity index is 2.15. The lowest BCUT2D eigenvalue weighted by molar-refractivity contribution is 0.160. The van der Waals surface area contributed by atoms with Crippen molar-refractivity contribution >= 4 is 0 Å². The van der Waals surface area contributed by atoms with Crippen LogP contribution in [-0.2, 0) is 6.42 Å². The van der Waals surface area contributed by atoms with Crippen LogP contribution in [0.15, 0.2) is 18.2 Å². The number of unbranched alkanes of at least 4 members (excludes halogenated alkanes) is 6. The monoisotopic (exact) mass is 284 g/mol. The maximum atomic E-state index is 13.0. The van der Waals surface area contributed by atoms with Gasteiger partial charge in [-0.05, 0) is 30.5 Å². The summed E-state index contributed by atoms with van der Waals surface area (Å²) in [7, 11) is 0. The Morgan fingerprint density at radius 1 is 0.900 bits per heavy atom. The van der Waals surface area contributed by atoms with Crippen molar-refractivity contribution < 1.29 is 13.9 Å². The van der Waals surface area contributed by atoms with Gasteiger partial charge in [0.15, 0.2) is 0 Å². The van der Waals surface area contributed by atoms with Gasteiger partial charge in [-0.3, -0.25) is 0 Å². The van der Waals surface area contributed by atoms with Crippen molar-refractivity contribution in [2.75, 3.05) is 0 Å². The SMILES string of the molecule is CCCCCCCCCC(O)Cc1cc(F)cc(F)c1. The van der Waals surface area contributed by atoms with Gasteiger partial charge in [-0.1, -0.05) is 51.9 Å². The first kappa shape index (κ1) is 17.1. The minimum atomic E-state index is -0.580. The number of halogens is 2. The van der Waals surface area contributed by atoms with E-state index >= 15 is 0 Å². The third kappa shape index (κ3) is 7.59. The Bertz CT molecular complexity index is 359. The average Bonchev–Trinajstić information content (AvgIpc) is 2.36. The molecule has 20 heavy (non-hydrogen) atoms. The molecule has 1 nitrogen and oxygen atoms in total. The van der Waals surface area contributed by atoms with E-state index in [1.165, 1.54) is 44.2 Å². The summed E-state index contributed by atoms with van der Waals surface area (Å²) in [5.74, 6) is -1.16. The van der Waals surface area contributed by atoms with E-state index in [1.807, 2.05) is 0 Å². The van der Waals surface area contributed by atoms with Crippen LogP contribution in [0.4, 0.5) is 8.78 Å². The summed E-state index contributed by atoms with van der Waals surface area (Å²) in [4.78, 5) is 0. The molecule has 0 aliphatic rings. The molecule has 0 radical (unpaired) electrons. The summed E-state index contributed by atoms with van der Waals surface area (Å²) >= 11 is 0. The van der Waals surface area contributed by atoms with E-state index in [-0.39, 0.29) is 0 Å². The van der Waals surface area contributed by atoms with Crippen molar-refractivity contribution in [1.29, 1.82) is 0 Å². The number of hydrogen-bond acceptors (Lipinski definition) is 1. The van der Waals surface area contributed by atoms with Gasteiger partial charge in [-0.2, -0.15) is 0 Å². The molecule has 3 heteroatoms. The van der Waals surface area contributed by atoms with Crippen molar-refractivity contribution in [2.24, 2.45) is 0 Å². The Kier molecular flexibility index (Phi) is 8.43. The molecule has 1 rings (SSSR count). The van der Waals surface area contributed by atoms with Gasteiger partial charge in [0, 0.05) is 6.07 Å². The van der Waals surface area contributed by atoms with Crippen molar-refractivity contribution in [3.05, 3.63) is 35.4 Å². The molecule has 0 aliphatic carbocycles. The number of aliphatic hydroxyl groups is 1. The Morgan fingerprint density at radius 2 is 1.45 bits per heavy atom. The van der Waals surface area contributed by atoms with E-state index in [0.29, 0.717) is 18.4 Å². The van der Waals surface area contributed by atoms with Crippen LogP contribution in [0.3, 0.4) is 0 Å². The van der Waals surface area contributed by atoms with Gasteiger partial charge >= 0.3 is 0 Å². The number of benzene rings is 1. The van der Waals surface area contributed by atoms with Crippen LogP contribution in [0, 0.1) is 11.6 Å². The molecule has 0 aliphatic heterocycles. The minimum Gasteiger partial charge on any atom is -0.393 e. The predicted octanol–water partition coefficient (Wildman–Crippen LogP) is 5.01. The molecule has 0 spiro atoms. The molecule has 1 aromatic rings. The summed E-state index contributed by atoms with van der Waals surface area (Å²) in [5.41, 5.74) is 0.526. The predicted molar refractivity (Wildman–Crippen MR) is 78.7 cm³/mol. The highest BCUT2D eigenvalue weighted by Crippen LogP contribution is 2.14. The van der Waals surface area contributed by atoms with Crippen molar-refractivity contribution in [2.45, 2.75) is 70.8 Å². The van der Waals surface area contributed by atoms with E-state index in [1.54, 1.807) is 0 Å². The highest BCUT2D eigenvalue weighted by Gasteiger charge is 2.08. The van der Waals surface area contributed by atoms with Crippen molar-refractivity contribution in [3.8, 4) is 0 Å². The molecule has 0 bridgehead atoms. The Morgan fingerprint density at radius 3 is 2.05 bits per heavy atom. The van der Waals surface area contributed by atoms with E-state index < -0.39 is 17.7 Å². The standard InChI is InChI=1S/C17H26F2O/c1-2-3-4-5-6-7-8-9-17(20)12-14-10-15(18)13-16(19)11-14/h10-11,13,17,20H,2-9,12H2,1H3. The topological polar surface area (TPSA) is 20.2 Å². The summed E-state index contributed by atoms with van der Waals surface area (Å²) in [6.07, 6.45) is 8.94. The van der Waals surface area contributed by atoms with Crippen LogP contribution in [0.25, 0.3) is 0 Å². The van der Waals surface area contributed by atoms with E-state index in [4.69, 9.17) is 0 Å². The zero-order valence-corrected chi connectivity index (χ0v) is 12.4. The second-order valence-electron chi connectivity index (χ2n) is 5.55. The van der Waals surface area contributed by atoms with Crippen molar-refractivity contribution in [1.82, 2.24) is 0 Å². The maximum Gasteiger partial charge on any atom is 0.126 e. The van der Waals surface area contributed by atoms with Crippen molar-refractivity contribution in [3.63, 3.8) is 0 Å². The van der Waals surface area contributed by atoms with Crippen LogP contribution in [-0.4, -0.2) is 11.2 Å². The molecule has 114 valence electrons. The smallest absolute Gasteiger partial charge is 0.126 e.